The minimum atomic E-state index is -3.15. The second-order valence-electron chi connectivity index (χ2n) is 8.15. The van der Waals surface area contributed by atoms with Crippen LogP contribution < -0.4 is 4.74 Å². The summed E-state index contributed by atoms with van der Waals surface area (Å²) < 4.78 is 32.7. The lowest BCUT2D eigenvalue weighted by Crippen LogP contribution is -2.47. The summed E-state index contributed by atoms with van der Waals surface area (Å²) in [5.74, 6) is 1.03. The van der Waals surface area contributed by atoms with Crippen LogP contribution in [0.4, 0.5) is 0 Å². The van der Waals surface area contributed by atoms with E-state index in [0.717, 1.165) is 23.2 Å². The van der Waals surface area contributed by atoms with E-state index in [1.807, 2.05) is 42.5 Å². The molecule has 1 fully saturated rings. The standard InChI is InChI=1S/C23H23ClN6O3S/c1-34(31,32)29-13-11-28(12-14-29)16-17-7-8-20(19(15-17)18-5-3-2-4-6-18)33-22-10-9-21-25-26-23(24)30(21)27-22/h2-10,15H,11-14,16H2,1H3. The highest BCUT2D eigenvalue weighted by Crippen LogP contribution is 2.34. The molecule has 3 heterocycles. The van der Waals surface area contributed by atoms with Gasteiger partial charge in [0.25, 0.3) is 0 Å². The second kappa shape index (κ2) is 9.30. The molecule has 2 aromatic carbocycles. The molecular weight excluding hydrogens is 476 g/mol. The number of halogens is 1. The number of benzene rings is 2. The molecule has 0 amide bonds. The lowest BCUT2D eigenvalue weighted by molar-refractivity contribution is 0.182. The van der Waals surface area contributed by atoms with Gasteiger partial charge in [-0.3, -0.25) is 4.90 Å². The number of rotatable bonds is 6. The van der Waals surface area contributed by atoms with Crippen LogP contribution in [0.2, 0.25) is 5.28 Å². The molecule has 0 bridgehead atoms. The van der Waals surface area contributed by atoms with E-state index in [0.29, 0.717) is 43.5 Å². The first kappa shape index (κ1) is 22.7. The summed E-state index contributed by atoms with van der Waals surface area (Å²) >= 11 is 6.05. The van der Waals surface area contributed by atoms with Gasteiger partial charge in [-0.1, -0.05) is 36.4 Å². The molecule has 5 rings (SSSR count). The zero-order chi connectivity index (χ0) is 23.7. The van der Waals surface area contributed by atoms with Crippen molar-refractivity contribution in [2.75, 3.05) is 32.4 Å². The molecule has 0 spiro atoms. The van der Waals surface area contributed by atoms with Crippen molar-refractivity contribution in [3.05, 3.63) is 71.5 Å². The molecule has 0 radical (unpaired) electrons. The van der Waals surface area contributed by atoms with Gasteiger partial charge in [-0.25, -0.2) is 8.42 Å². The zero-order valence-corrected chi connectivity index (χ0v) is 20.1. The van der Waals surface area contributed by atoms with Gasteiger partial charge in [-0.15, -0.1) is 15.3 Å². The summed E-state index contributed by atoms with van der Waals surface area (Å²) in [7, 11) is -3.15. The van der Waals surface area contributed by atoms with Crippen molar-refractivity contribution in [2.45, 2.75) is 6.54 Å². The smallest absolute Gasteiger partial charge is 0.246 e. The van der Waals surface area contributed by atoms with E-state index in [9.17, 15) is 8.42 Å². The van der Waals surface area contributed by atoms with Crippen LogP contribution in [0.1, 0.15) is 5.56 Å². The van der Waals surface area contributed by atoms with Crippen molar-refractivity contribution in [1.82, 2.24) is 29.0 Å². The fourth-order valence-electron chi connectivity index (χ4n) is 4.00. The third-order valence-corrected chi connectivity index (χ3v) is 7.29. The van der Waals surface area contributed by atoms with Crippen LogP contribution in [-0.2, 0) is 16.6 Å². The van der Waals surface area contributed by atoms with Gasteiger partial charge in [0.2, 0.25) is 21.2 Å². The fraction of sp³-hybridized carbons (Fsp3) is 0.261. The predicted octanol–water partition coefficient (Wildman–Crippen LogP) is 3.31. The number of hydrogen-bond acceptors (Lipinski definition) is 7. The SMILES string of the molecule is CS(=O)(=O)N1CCN(Cc2ccc(Oc3ccc4nnc(Cl)n4n3)c(-c3ccccc3)c2)CC1. The Morgan fingerprint density at radius 2 is 1.74 bits per heavy atom. The quantitative estimate of drug-likeness (QED) is 0.402. The number of sulfonamides is 1. The Hall–Kier alpha value is -3.05. The molecule has 2 aromatic heterocycles. The zero-order valence-electron chi connectivity index (χ0n) is 18.5. The Morgan fingerprint density at radius 1 is 0.971 bits per heavy atom. The number of nitrogens with zero attached hydrogens (tertiary/aromatic N) is 6. The maximum Gasteiger partial charge on any atom is 0.246 e. The largest absolute Gasteiger partial charge is 0.437 e. The van der Waals surface area contributed by atoms with Gasteiger partial charge in [0, 0.05) is 44.4 Å². The van der Waals surface area contributed by atoms with Crippen LogP contribution in [0.5, 0.6) is 11.6 Å². The van der Waals surface area contributed by atoms with Crippen LogP contribution >= 0.6 is 11.6 Å². The predicted molar refractivity (Wildman–Crippen MR) is 129 cm³/mol. The molecule has 9 nitrogen and oxygen atoms in total. The number of aromatic nitrogens is 4. The maximum absolute atomic E-state index is 11.8. The molecule has 34 heavy (non-hydrogen) atoms. The number of piperazine rings is 1. The van der Waals surface area contributed by atoms with Crippen molar-refractivity contribution in [1.29, 1.82) is 0 Å². The van der Waals surface area contributed by atoms with Crippen molar-refractivity contribution in [3.63, 3.8) is 0 Å². The van der Waals surface area contributed by atoms with Crippen LogP contribution in [0, 0.1) is 0 Å². The molecule has 176 valence electrons. The van der Waals surface area contributed by atoms with E-state index in [4.69, 9.17) is 16.3 Å². The molecule has 0 saturated carbocycles. The summed E-state index contributed by atoms with van der Waals surface area (Å²) in [5.41, 5.74) is 3.60. The number of ether oxygens (including phenoxy) is 1. The lowest BCUT2D eigenvalue weighted by Gasteiger charge is -2.33. The minimum absolute atomic E-state index is 0.162. The van der Waals surface area contributed by atoms with Crippen LogP contribution in [-0.4, -0.2) is 69.9 Å². The van der Waals surface area contributed by atoms with E-state index >= 15 is 0 Å². The molecule has 1 saturated heterocycles. The third-order valence-electron chi connectivity index (χ3n) is 5.75. The molecule has 0 N–H and O–H groups in total. The van der Waals surface area contributed by atoms with Crippen molar-refractivity contribution in [2.24, 2.45) is 0 Å². The Morgan fingerprint density at radius 3 is 2.47 bits per heavy atom. The molecule has 0 atom stereocenters. The minimum Gasteiger partial charge on any atom is -0.437 e. The Kier molecular flexibility index (Phi) is 6.22. The highest BCUT2D eigenvalue weighted by atomic mass is 35.5. The molecule has 0 aliphatic carbocycles. The molecule has 1 aliphatic heterocycles. The third kappa shape index (κ3) is 4.90. The van der Waals surface area contributed by atoms with Gasteiger partial charge in [0.1, 0.15) is 5.75 Å². The average molecular weight is 499 g/mol. The second-order valence-corrected chi connectivity index (χ2v) is 10.5. The number of hydrogen-bond donors (Lipinski definition) is 0. The molecular formula is C23H23ClN6O3S. The van der Waals surface area contributed by atoms with Gasteiger partial charge < -0.3 is 4.74 Å². The summed E-state index contributed by atoms with van der Waals surface area (Å²) in [6.07, 6.45) is 1.26. The van der Waals surface area contributed by atoms with Gasteiger partial charge in [-0.05, 0) is 40.9 Å². The highest BCUT2D eigenvalue weighted by molar-refractivity contribution is 7.88. The van der Waals surface area contributed by atoms with E-state index < -0.39 is 10.0 Å². The molecule has 1 aliphatic rings. The monoisotopic (exact) mass is 498 g/mol. The van der Waals surface area contributed by atoms with Crippen molar-refractivity contribution < 1.29 is 13.2 Å². The molecule has 4 aromatic rings. The topological polar surface area (TPSA) is 92.9 Å². The summed E-state index contributed by atoms with van der Waals surface area (Å²) in [4.78, 5) is 2.26. The Bertz CT molecular complexity index is 1420. The van der Waals surface area contributed by atoms with Crippen LogP contribution in [0.15, 0.2) is 60.7 Å². The molecule has 0 unspecified atom stereocenters. The van der Waals surface area contributed by atoms with Crippen molar-refractivity contribution >= 4 is 27.3 Å². The maximum atomic E-state index is 11.8. The normalized spacial score (nSPS) is 15.6. The van der Waals surface area contributed by atoms with Crippen molar-refractivity contribution in [3.8, 4) is 22.8 Å². The summed E-state index contributed by atoms with van der Waals surface area (Å²) in [6.45, 7) is 3.11. The first-order valence-corrected chi connectivity index (χ1v) is 13.0. The van der Waals surface area contributed by atoms with E-state index in [2.05, 4.69) is 26.3 Å². The van der Waals surface area contributed by atoms with Crippen LogP contribution in [0.3, 0.4) is 0 Å². The summed E-state index contributed by atoms with van der Waals surface area (Å²) in [5, 5.41) is 12.3. The Balaban J connectivity index is 1.40. The lowest BCUT2D eigenvalue weighted by atomic mass is 10.0. The fourth-order valence-corrected chi connectivity index (χ4v) is 4.99. The summed E-state index contributed by atoms with van der Waals surface area (Å²) in [6, 6.07) is 19.5. The Labute approximate surface area is 202 Å². The highest BCUT2D eigenvalue weighted by Gasteiger charge is 2.23. The first-order chi connectivity index (χ1) is 16.4. The first-order valence-electron chi connectivity index (χ1n) is 10.8. The van der Waals surface area contributed by atoms with Crippen LogP contribution in [0.25, 0.3) is 16.8 Å². The van der Waals surface area contributed by atoms with E-state index in [1.54, 1.807) is 12.1 Å². The van der Waals surface area contributed by atoms with E-state index in [-0.39, 0.29) is 5.28 Å². The average Bonchev–Trinajstić information content (AvgIpc) is 3.20. The van der Waals surface area contributed by atoms with Gasteiger partial charge >= 0.3 is 0 Å². The van der Waals surface area contributed by atoms with Gasteiger partial charge in [0.05, 0.1) is 6.26 Å². The van der Waals surface area contributed by atoms with Gasteiger partial charge in [-0.2, -0.15) is 8.82 Å². The molecule has 11 heteroatoms. The number of fused-ring (bicyclic) bond motifs is 1. The van der Waals surface area contributed by atoms with Gasteiger partial charge in [0.15, 0.2) is 5.65 Å². The van der Waals surface area contributed by atoms with E-state index in [1.165, 1.54) is 15.1 Å².